The predicted molar refractivity (Wildman–Crippen MR) is 69.1 cm³/mol. The smallest absolute Gasteiger partial charge is 0.0317 e. The molecule has 1 fully saturated rings. The number of aryl methyl sites for hydroxylation is 1. The molecule has 0 bridgehead atoms. The molecule has 2 heteroatoms. The molecule has 0 spiro atoms. The topological polar surface area (TPSA) is 26.0 Å². The molecule has 1 nitrogen and oxygen atoms in total. The maximum atomic E-state index is 5.80. The number of rotatable bonds is 3. The van der Waals surface area contributed by atoms with Crippen LogP contribution in [0.5, 0.6) is 0 Å². The largest absolute Gasteiger partial charge is 0.399 e. The van der Waals surface area contributed by atoms with Crippen LogP contribution in [0.4, 0.5) is 5.69 Å². The van der Waals surface area contributed by atoms with Crippen LogP contribution >= 0.6 is 11.8 Å². The van der Waals surface area contributed by atoms with Gasteiger partial charge in [-0.2, -0.15) is 11.8 Å². The van der Waals surface area contributed by atoms with E-state index in [1.807, 2.05) is 6.07 Å². The molecule has 0 heterocycles. The van der Waals surface area contributed by atoms with E-state index in [4.69, 9.17) is 5.73 Å². The van der Waals surface area contributed by atoms with E-state index in [1.165, 1.54) is 36.8 Å². The van der Waals surface area contributed by atoms with Crippen molar-refractivity contribution in [1.29, 1.82) is 0 Å². The summed E-state index contributed by atoms with van der Waals surface area (Å²) >= 11 is 2.10. The third kappa shape index (κ3) is 2.91. The molecule has 15 heavy (non-hydrogen) atoms. The molecule has 1 saturated carbocycles. The van der Waals surface area contributed by atoms with E-state index in [0.29, 0.717) is 0 Å². The molecule has 0 saturated heterocycles. The minimum absolute atomic E-state index is 0.891. The molecule has 0 atom stereocenters. The summed E-state index contributed by atoms with van der Waals surface area (Å²) in [7, 11) is 0. The minimum atomic E-state index is 0.891. The average molecular weight is 221 g/mol. The van der Waals surface area contributed by atoms with Crippen LogP contribution in [-0.2, 0) is 5.75 Å². The van der Waals surface area contributed by atoms with Crippen molar-refractivity contribution in [2.24, 2.45) is 0 Å². The third-order valence-corrected chi connectivity index (χ3v) is 4.57. The van der Waals surface area contributed by atoms with Gasteiger partial charge in [0.05, 0.1) is 0 Å². The fourth-order valence-electron chi connectivity index (χ4n) is 2.11. The summed E-state index contributed by atoms with van der Waals surface area (Å²) in [5.41, 5.74) is 9.47. The van der Waals surface area contributed by atoms with Gasteiger partial charge in [-0.25, -0.2) is 0 Å². The second-order valence-electron chi connectivity index (χ2n) is 4.40. The van der Waals surface area contributed by atoms with Gasteiger partial charge in [-0.3, -0.25) is 0 Å². The number of hydrogen-bond donors (Lipinski definition) is 1. The van der Waals surface area contributed by atoms with Gasteiger partial charge in [-0.05, 0) is 43.0 Å². The number of nitrogens with two attached hydrogens (primary N) is 1. The van der Waals surface area contributed by atoms with Gasteiger partial charge in [0.2, 0.25) is 0 Å². The van der Waals surface area contributed by atoms with Crippen molar-refractivity contribution in [3.05, 3.63) is 29.3 Å². The van der Waals surface area contributed by atoms with E-state index in [-0.39, 0.29) is 0 Å². The first-order chi connectivity index (χ1) is 7.25. The van der Waals surface area contributed by atoms with Crippen molar-refractivity contribution < 1.29 is 0 Å². The summed E-state index contributed by atoms with van der Waals surface area (Å²) in [5, 5.41) is 0.894. The lowest BCUT2D eigenvalue weighted by Crippen LogP contribution is -1.97. The quantitative estimate of drug-likeness (QED) is 0.787. The Hall–Kier alpha value is -0.630. The Morgan fingerprint density at radius 3 is 2.80 bits per heavy atom. The van der Waals surface area contributed by atoms with Crippen LogP contribution in [0.15, 0.2) is 18.2 Å². The third-order valence-electron chi connectivity index (χ3n) is 3.15. The van der Waals surface area contributed by atoms with Crippen molar-refractivity contribution >= 4 is 17.4 Å². The van der Waals surface area contributed by atoms with Crippen molar-refractivity contribution in [3.8, 4) is 0 Å². The molecule has 0 amide bonds. The first kappa shape index (κ1) is 10.9. The van der Waals surface area contributed by atoms with Crippen molar-refractivity contribution in [2.75, 3.05) is 5.73 Å². The Labute approximate surface area is 96.4 Å². The first-order valence-corrected chi connectivity index (χ1v) is 6.77. The summed E-state index contributed by atoms with van der Waals surface area (Å²) < 4.78 is 0. The zero-order chi connectivity index (χ0) is 10.7. The molecule has 0 aromatic heterocycles. The zero-order valence-electron chi connectivity index (χ0n) is 9.33. The molecule has 2 N–H and O–H groups in total. The van der Waals surface area contributed by atoms with Crippen LogP contribution in [0.2, 0.25) is 0 Å². The second kappa shape index (κ2) is 4.93. The lowest BCUT2D eigenvalue weighted by Gasteiger charge is -2.11. The second-order valence-corrected chi connectivity index (χ2v) is 5.69. The summed E-state index contributed by atoms with van der Waals surface area (Å²) in [6.45, 7) is 2.17. The number of anilines is 1. The maximum Gasteiger partial charge on any atom is 0.0317 e. The molecule has 82 valence electrons. The Kier molecular flexibility index (Phi) is 3.57. The van der Waals surface area contributed by atoms with Crippen molar-refractivity contribution in [2.45, 2.75) is 43.6 Å². The highest BCUT2D eigenvalue weighted by Gasteiger charge is 2.15. The molecular weight excluding hydrogens is 202 g/mol. The number of hydrogen-bond acceptors (Lipinski definition) is 2. The summed E-state index contributed by atoms with van der Waals surface area (Å²) in [4.78, 5) is 0. The lowest BCUT2D eigenvalue weighted by molar-refractivity contribution is 0.886. The fraction of sp³-hybridized carbons (Fsp3) is 0.538. The van der Waals surface area contributed by atoms with Crippen LogP contribution in [0.25, 0.3) is 0 Å². The molecule has 1 aromatic carbocycles. The molecule has 0 aliphatic heterocycles. The Morgan fingerprint density at radius 1 is 1.33 bits per heavy atom. The zero-order valence-corrected chi connectivity index (χ0v) is 10.1. The maximum absolute atomic E-state index is 5.80. The van der Waals surface area contributed by atoms with Gasteiger partial charge in [-0.1, -0.05) is 18.9 Å². The van der Waals surface area contributed by atoms with E-state index in [2.05, 4.69) is 30.8 Å². The van der Waals surface area contributed by atoms with E-state index in [0.717, 1.165) is 16.7 Å². The van der Waals surface area contributed by atoms with E-state index >= 15 is 0 Å². The van der Waals surface area contributed by atoms with E-state index in [1.54, 1.807) is 0 Å². The molecular formula is C13H19NS. The summed E-state index contributed by atoms with van der Waals surface area (Å²) in [6, 6.07) is 6.23. The van der Waals surface area contributed by atoms with Gasteiger partial charge in [0.1, 0.15) is 0 Å². The lowest BCUT2D eigenvalue weighted by atomic mass is 10.1. The molecule has 1 aliphatic carbocycles. The van der Waals surface area contributed by atoms with E-state index < -0.39 is 0 Å². The SMILES string of the molecule is Cc1ccc(N)cc1CSC1CCCC1. The molecule has 1 aliphatic rings. The van der Waals surface area contributed by atoms with Gasteiger partial charge in [-0.15, -0.1) is 0 Å². The normalized spacial score (nSPS) is 17.1. The van der Waals surface area contributed by atoms with E-state index in [9.17, 15) is 0 Å². The van der Waals surface area contributed by atoms with Crippen molar-refractivity contribution in [1.82, 2.24) is 0 Å². The van der Waals surface area contributed by atoms with Gasteiger partial charge >= 0.3 is 0 Å². The molecule has 0 radical (unpaired) electrons. The molecule has 1 aromatic rings. The standard InChI is InChI=1S/C13H19NS/c1-10-6-7-12(14)8-11(10)9-15-13-4-2-3-5-13/h6-8,13H,2-5,9,14H2,1H3. The predicted octanol–water partition coefficient (Wildman–Crippen LogP) is 3.75. The highest BCUT2D eigenvalue weighted by atomic mass is 32.2. The monoisotopic (exact) mass is 221 g/mol. The Morgan fingerprint density at radius 2 is 2.07 bits per heavy atom. The van der Waals surface area contributed by atoms with Crippen molar-refractivity contribution in [3.63, 3.8) is 0 Å². The van der Waals surface area contributed by atoms with Crippen LogP contribution in [0, 0.1) is 6.92 Å². The van der Waals surface area contributed by atoms with Crippen LogP contribution in [-0.4, -0.2) is 5.25 Å². The molecule has 0 unspecified atom stereocenters. The minimum Gasteiger partial charge on any atom is -0.399 e. The Balaban J connectivity index is 1.94. The Bertz CT molecular complexity index is 329. The molecule has 2 rings (SSSR count). The van der Waals surface area contributed by atoms with Gasteiger partial charge in [0.15, 0.2) is 0 Å². The number of thioether (sulfide) groups is 1. The van der Waals surface area contributed by atoms with Gasteiger partial charge in [0.25, 0.3) is 0 Å². The fourth-order valence-corrected chi connectivity index (χ4v) is 3.50. The van der Waals surface area contributed by atoms with Crippen LogP contribution in [0.3, 0.4) is 0 Å². The highest BCUT2D eigenvalue weighted by molar-refractivity contribution is 7.99. The van der Waals surface area contributed by atoms with Crippen LogP contribution < -0.4 is 5.73 Å². The number of benzene rings is 1. The average Bonchev–Trinajstić information content (AvgIpc) is 2.72. The van der Waals surface area contributed by atoms with Gasteiger partial charge < -0.3 is 5.73 Å². The van der Waals surface area contributed by atoms with Gasteiger partial charge in [0, 0.05) is 16.7 Å². The summed E-state index contributed by atoms with van der Waals surface area (Å²) in [6.07, 6.45) is 5.67. The highest BCUT2D eigenvalue weighted by Crippen LogP contribution is 2.32. The summed E-state index contributed by atoms with van der Waals surface area (Å²) in [5.74, 6) is 1.13. The van der Waals surface area contributed by atoms with Crippen LogP contribution in [0.1, 0.15) is 36.8 Å². The number of nitrogen functional groups attached to an aromatic ring is 1. The first-order valence-electron chi connectivity index (χ1n) is 5.72.